The third-order valence-corrected chi connectivity index (χ3v) is 5.21. The molecule has 0 radical (unpaired) electrons. The molecule has 0 aliphatic carbocycles. The molecule has 0 aliphatic rings. The Hall–Kier alpha value is -3.47. The number of amides is 1. The summed E-state index contributed by atoms with van der Waals surface area (Å²) >= 11 is 0. The zero-order valence-electron chi connectivity index (χ0n) is 16.9. The van der Waals surface area contributed by atoms with Crippen molar-refractivity contribution in [1.29, 1.82) is 0 Å². The normalized spacial score (nSPS) is 11.2. The largest absolute Gasteiger partial charge is 0.351 e. The van der Waals surface area contributed by atoms with Crippen molar-refractivity contribution < 1.29 is 4.79 Å². The summed E-state index contributed by atoms with van der Waals surface area (Å²) in [5.74, 6) is -0.0248. The van der Waals surface area contributed by atoms with Crippen LogP contribution in [0.4, 0.5) is 0 Å². The first-order chi connectivity index (χ1) is 14.0. The molecule has 2 aromatic carbocycles. The van der Waals surface area contributed by atoms with Gasteiger partial charge < -0.3 is 5.32 Å². The minimum Gasteiger partial charge on any atom is -0.351 e. The third-order valence-electron chi connectivity index (χ3n) is 5.21. The van der Waals surface area contributed by atoms with Crippen LogP contribution in [0.5, 0.6) is 0 Å². The molecule has 4 rings (SSSR count). The van der Waals surface area contributed by atoms with E-state index in [0.717, 1.165) is 22.4 Å². The molecule has 0 saturated carbocycles. The van der Waals surface area contributed by atoms with Gasteiger partial charge in [0, 0.05) is 25.2 Å². The van der Waals surface area contributed by atoms with Crippen molar-refractivity contribution in [2.45, 2.75) is 19.8 Å². The van der Waals surface area contributed by atoms with Crippen LogP contribution in [0.3, 0.4) is 0 Å². The van der Waals surface area contributed by atoms with Crippen LogP contribution in [0.2, 0.25) is 0 Å². The highest BCUT2D eigenvalue weighted by molar-refractivity contribution is 6.06. The summed E-state index contributed by atoms with van der Waals surface area (Å²) in [6, 6.07) is 22.4. The number of aryl methyl sites for hydroxylation is 3. The van der Waals surface area contributed by atoms with Crippen LogP contribution in [0.1, 0.15) is 38.8 Å². The van der Waals surface area contributed by atoms with Crippen LogP contribution < -0.4 is 5.32 Å². The fourth-order valence-corrected chi connectivity index (χ4v) is 3.84. The number of aromatic nitrogens is 3. The fourth-order valence-electron chi connectivity index (χ4n) is 3.84. The number of hydrogen-bond acceptors (Lipinski definition) is 3. The maximum Gasteiger partial charge on any atom is 0.252 e. The summed E-state index contributed by atoms with van der Waals surface area (Å²) in [5, 5.41) is 8.40. The highest BCUT2D eigenvalue weighted by Crippen LogP contribution is 2.25. The number of carbonyl (C=O) groups is 1. The van der Waals surface area contributed by atoms with Gasteiger partial charge in [0.2, 0.25) is 0 Å². The lowest BCUT2D eigenvalue weighted by molar-refractivity contribution is 0.0954. The first-order valence-electron chi connectivity index (χ1n) is 9.73. The molecule has 2 aromatic heterocycles. The van der Waals surface area contributed by atoms with Crippen molar-refractivity contribution in [2.75, 3.05) is 6.54 Å². The average molecular weight is 384 g/mol. The topological polar surface area (TPSA) is 59.8 Å². The molecule has 0 bridgehead atoms. The molecule has 0 fully saturated rings. The Morgan fingerprint density at radius 3 is 2.17 bits per heavy atom. The Balaban J connectivity index is 1.65. The Labute approximate surface area is 170 Å². The van der Waals surface area contributed by atoms with E-state index < -0.39 is 0 Å². The van der Waals surface area contributed by atoms with Gasteiger partial charge in [0.1, 0.15) is 0 Å². The van der Waals surface area contributed by atoms with Crippen LogP contribution in [-0.4, -0.2) is 27.2 Å². The predicted molar refractivity (Wildman–Crippen MR) is 115 cm³/mol. The van der Waals surface area contributed by atoms with E-state index in [1.807, 2.05) is 63.4 Å². The minimum absolute atomic E-state index is 0.0785. The molecular weight excluding hydrogens is 360 g/mol. The molecule has 4 aromatic rings. The zero-order valence-corrected chi connectivity index (χ0v) is 16.9. The molecule has 0 saturated heterocycles. The number of rotatable bonds is 5. The lowest BCUT2D eigenvalue weighted by Gasteiger charge is -2.19. The maximum absolute atomic E-state index is 13.2. The lowest BCUT2D eigenvalue weighted by atomic mass is 9.91. The van der Waals surface area contributed by atoms with Crippen molar-refractivity contribution in [3.05, 3.63) is 94.8 Å². The highest BCUT2D eigenvalue weighted by atomic mass is 16.1. The van der Waals surface area contributed by atoms with E-state index in [9.17, 15) is 4.79 Å². The van der Waals surface area contributed by atoms with E-state index in [1.54, 1.807) is 4.68 Å². The smallest absolute Gasteiger partial charge is 0.252 e. The molecule has 1 amide bonds. The maximum atomic E-state index is 13.2. The zero-order chi connectivity index (χ0) is 20.4. The van der Waals surface area contributed by atoms with Crippen LogP contribution in [0.15, 0.2) is 66.7 Å². The van der Waals surface area contributed by atoms with Crippen molar-refractivity contribution in [3.8, 4) is 0 Å². The summed E-state index contributed by atoms with van der Waals surface area (Å²) in [4.78, 5) is 17.7. The standard InChI is InChI=1S/C24H24N4O/c1-16-14-20(22-17(2)27-28(3)23(22)26-16)24(29)25-15-21(18-10-6-4-7-11-18)19-12-8-5-9-13-19/h4-14,21H,15H2,1-3H3,(H,25,29). The highest BCUT2D eigenvalue weighted by Gasteiger charge is 2.20. The lowest BCUT2D eigenvalue weighted by Crippen LogP contribution is -2.29. The number of hydrogen-bond donors (Lipinski definition) is 1. The minimum atomic E-state index is -0.103. The van der Waals surface area contributed by atoms with Gasteiger partial charge in [0.25, 0.3) is 5.91 Å². The first-order valence-corrected chi connectivity index (χ1v) is 9.73. The van der Waals surface area contributed by atoms with E-state index in [1.165, 1.54) is 11.1 Å². The molecule has 2 heterocycles. The summed E-state index contributed by atoms with van der Waals surface area (Å²) in [5.41, 5.74) is 5.31. The summed E-state index contributed by atoms with van der Waals surface area (Å²) < 4.78 is 1.73. The SMILES string of the molecule is Cc1cc(C(=O)NCC(c2ccccc2)c2ccccc2)c2c(C)nn(C)c2n1. The van der Waals surface area contributed by atoms with Gasteiger partial charge in [0.05, 0.1) is 16.6 Å². The summed E-state index contributed by atoms with van der Waals surface area (Å²) in [6.07, 6.45) is 0. The van der Waals surface area contributed by atoms with Gasteiger partial charge in [-0.3, -0.25) is 9.48 Å². The van der Waals surface area contributed by atoms with Gasteiger partial charge in [-0.1, -0.05) is 60.7 Å². The number of fused-ring (bicyclic) bond motifs is 1. The Bertz CT molecular complexity index is 1110. The van der Waals surface area contributed by atoms with E-state index in [0.29, 0.717) is 12.1 Å². The van der Waals surface area contributed by atoms with Gasteiger partial charge in [0.15, 0.2) is 5.65 Å². The van der Waals surface area contributed by atoms with E-state index in [2.05, 4.69) is 39.7 Å². The molecule has 0 spiro atoms. The van der Waals surface area contributed by atoms with E-state index in [4.69, 9.17) is 0 Å². The molecule has 146 valence electrons. The second-order valence-electron chi connectivity index (χ2n) is 7.30. The second-order valence-corrected chi connectivity index (χ2v) is 7.30. The molecule has 1 N–H and O–H groups in total. The summed E-state index contributed by atoms with van der Waals surface area (Å²) in [6.45, 7) is 4.32. The summed E-state index contributed by atoms with van der Waals surface area (Å²) in [7, 11) is 1.85. The monoisotopic (exact) mass is 384 g/mol. The first kappa shape index (κ1) is 18.9. The molecule has 0 unspecified atom stereocenters. The number of nitrogens with zero attached hydrogens (tertiary/aromatic N) is 3. The number of benzene rings is 2. The number of nitrogens with one attached hydrogen (secondary N) is 1. The Morgan fingerprint density at radius 1 is 1.00 bits per heavy atom. The van der Waals surface area contributed by atoms with E-state index in [-0.39, 0.29) is 11.8 Å². The number of carbonyl (C=O) groups excluding carboxylic acids is 1. The fraction of sp³-hybridized carbons (Fsp3) is 0.208. The molecule has 5 nitrogen and oxygen atoms in total. The van der Waals surface area contributed by atoms with Gasteiger partial charge in [-0.05, 0) is 31.0 Å². The quantitative estimate of drug-likeness (QED) is 0.562. The van der Waals surface area contributed by atoms with Gasteiger partial charge in [-0.2, -0.15) is 5.10 Å². The third kappa shape index (κ3) is 3.76. The molecule has 5 heteroatoms. The average Bonchev–Trinajstić information content (AvgIpc) is 3.02. The van der Waals surface area contributed by atoms with Crippen LogP contribution in [-0.2, 0) is 7.05 Å². The molecule has 0 aliphatic heterocycles. The van der Waals surface area contributed by atoms with Gasteiger partial charge in [-0.15, -0.1) is 0 Å². The van der Waals surface area contributed by atoms with Crippen molar-refractivity contribution >= 4 is 16.9 Å². The second kappa shape index (κ2) is 7.87. The van der Waals surface area contributed by atoms with Crippen LogP contribution >= 0.6 is 0 Å². The molecule has 29 heavy (non-hydrogen) atoms. The van der Waals surface area contributed by atoms with Gasteiger partial charge >= 0.3 is 0 Å². The Morgan fingerprint density at radius 2 is 1.59 bits per heavy atom. The van der Waals surface area contributed by atoms with Crippen molar-refractivity contribution in [3.63, 3.8) is 0 Å². The van der Waals surface area contributed by atoms with Crippen molar-refractivity contribution in [2.24, 2.45) is 7.05 Å². The number of pyridine rings is 1. The molecular formula is C24H24N4O. The van der Waals surface area contributed by atoms with Crippen LogP contribution in [0.25, 0.3) is 11.0 Å². The Kier molecular flexibility index (Phi) is 5.12. The predicted octanol–water partition coefficient (Wildman–Crippen LogP) is 4.15. The van der Waals surface area contributed by atoms with Crippen LogP contribution in [0, 0.1) is 13.8 Å². The van der Waals surface area contributed by atoms with E-state index >= 15 is 0 Å². The van der Waals surface area contributed by atoms with Crippen molar-refractivity contribution in [1.82, 2.24) is 20.1 Å². The van der Waals surface area contributed by atoms with Gasteiger partial charge in [-0.25, -0.2) is 4.98 Å². The molecule has 0 atom stereocenters.